The Kier molecular flexibility index (Phi) is 6.01. The summed E-state index contributed by atoms with van der Waals surface area (Å²) in [4.78, 5) is 32.6. The van der Waals surface area contributed by atoms with Crippen LogP contribution in [0.25, 0.3) is 33.1 Å². The molecule has 8 nitrogen and oxygen atoms in total. The van der Waals surface area contributed by atoms with Gasteiger partial charge >= 0.3 is 0 Å². The number of piperazine rings is 1. The van der Waals surface area contributed by atoms with E-state index >= 15 is 0 Å². The summed E-state index contributed by atoms with van der Waals surface area (Å²) >= 11 is 0. The molecule has 5 heterocycles. The van der Waals surface area contributed by atoms with Crippen LogP contribution in [0.3, 0.4) is 0 Å². The van der Waals surface area contributed by atoms with Crippen LogP contribution in [0.4, 0.5) is 0 Å². The van der Waals surface area contributed by atoms with E-state index < -0.39 is 0 Å². The predicted octanol–water partition coefficient (Wildman–Crippen LogP) is 3.81. The Morgan fingerprint density at radius 2 is 2.03 bits per heavy atom. The third-order valence-electron chi connectivity index (χ3n) is 8.68. The number of aromatic nitrogens is 4. The van der Waals surface area contributed by atoms with E-state index in [4.69, 9.17) is 9.97 Å². The van der Waals surface area contributed by atoms with Gasteiger partial charge in [0.05, 0.1) is 35.2 Å². The second-order valence-electron chi connectivity index (χ2n) is 11.1. The molecule has 1 aromatic carbocycles. The molecule has 0 bridgehead atoms. The van der Waals surface area contributed by atoms with Crippen molar-refractivity contribution in [3.8, 4) is 11.3 Å². The standard InChI is InChI=1S/C30H33N7O/c1-36-9-11-37(12-10-36)8-2-3-28(38)19-4-5-22-23(14-19)30(21-13-20-15-31-18-27(20)32-16-21)34-26-7-6-25-24(29(22)26)17-33-35-25/h6-7,13,15-17,19H,2-5,8-12,14,18H2,1H3,(H,33,35). The summed E-state index contributed by atoms with van der Waals surface area (Å²) in [6.45, 7) is 6.09. The number of pyridine rings is 2. The molecule has 3 aliphatic rings. The van der Waals surface area contributed by atoms with Crippen molar-refractivity contribution in [1.82, 2.24) is 30.0 Å². The van der Waals surface area contributed by atoms with Gasteiger partial charge in [0.15, 0.2) is 0 Å². The van der Waals surface area contributed by atoms with Crippen LogP contribution >= 0.6 is 0 Å². The van der Waals surface area contributed by atoms with Crippen molar-refractivity contribution in [2.75, 3.05) is 39.8 Å². The number of aromatic amines is 1. The molecule has 1 atom stereocenters. The summed E-state index contributed by atoms with van der Waals surface area (Å²) in [5.74, 6) is 0.442. The van der Waals surface area contributed by atoms with E-state index in [1.54, 1.807) is 0 Å². The molecule has 1 fully saturated rings. The lowest BCUT2D eigenvalue weighted by Gasteiger charge is -2.32. The van der Waals surface area contributed by atoms with Gasteiger partial charge in [0.1, 0.15) is 5.78 Å². The highest BCUT2D eigenvalue weighted by Gasteiger charge is 2.30. The Balaban J connectivity index is 1.20. The number of hydrogen-bond donors (Lipinski definition) is 1. The number of H-pyrrole nitrogens is 1. The number of ketones is 1. The van der Waals surface area contributed by atoms with Gasteiger partial charge < -0.3 is 9.80 Å². The molecule has 1 N–H and O–H groups in total. The molecule has 1 aliphatic carbocycles. The summed E-state index contributed by atoms with van der Waals surface area (Å²) < 4.78 is 0. The fourth-order valence-corrected chi connectivity index (χ4v) is 6.44. The second-order valence-corrected chi connectivity index (χ2v) is 11.1. The van der Waals surface area contributed by atoms with Gasteiger partial charge in [-0.3, -0.25) is 19.9 Å². The summed E-state index contributed by atoms with van der Waals surface area (Å²) in [5.41, 5.74) is 8.55. The first-order chi connectivity index (χ1) is 18.6. The van der Waals surface area contributed by atoms with E-state index in [2.05, 4.69) is 50.2 Å². The first kappa shape index (κ1) is 23.6. The fraction of sp³-hybridized carbons (Fsp3) is 0.433. The second kappa shape index (κ2) is 9.67. The minimum absolute atomic E-state index is 0.0421. The molecule has 3 aromatic heterocycles. The summed E-state index contributed by atoms with van der Waals surface area (Å²) in [6.07, 6.45) is 9.84. The van der Waals surface area contributed by atoms with Crippen LogP contribution in [0.15, 0.2) is 35.6 Å². The molecule has 38 heavy (non-hydrogen) atoms. The maximum atomic E-state index is 13.4. The van der Waals surface area contributed by atoms with Crippen molar-refractivity contribution >= 4 is 33.8 Å². The number of carbonyl (C=O) groups is 1. The summed E-state index contributed by atoms with van der Waals surface area (Å²) in [5, 5.41) is 9.69. The van der Waals surface area contributed by atoms with E-state index in [0.717, 1.165) is 97.3 Å². The monoisotopic (exact) mass is 507 g/mol. The largest absolute Gasteiger partial charge is 0.304 e. The number of likely N-dealkylation sites (N-methyl/N-ethyl adjacent to an activating group) is 1. The Labute approximate surface area is 222 Å². The average molecular weight is 508 g/mol. The first-order valence-electron chi connectivity index (χ1n) is 13.8. The molecule has 0 amide bonds. The molecule has 7 rings (SSSR count). The van der Waals surface area contributed by atoms with Crippen LogP contribution in [-0.4, -0.2) is 81.7 Å². The third kappa shape index (κ3) is 4.22. The molecule has 1 saturated heterocycles. The van der Waals surface area contributed by atoms with Gasteiger partial charge in [-0.05, 0) is 68.6 Å². The quantitative estimate of drug-likeness (QED) is 0.427. The molecular formula is C30H33N7O. The average Bonchev–Trinajstić information content (AvgIpc) is 3.62. The maximum Gasteiger partial charge on any atom is 0.136 e. The maximum absolute atomic E-state index is 13.4. The molecule has 2 aliphatic heterocycles. The molecule has 8 heteroatoms. The third-order valence-corrected chi connectivity index (χ3v) is 8.68. The number of aryl methyl sites for hydroxylation is 1. The van der Waals surface area contributed by atoms with Crippen LogP contribution in [-0.2, 0) is 24.2 Å². The van der Waals surface area contributed by atoms with Gasteiger partial charge in [0.2, 0.25) is 0 Å². The van der Waals surface area contributed by atoms with Crippen molar-refractivity contribution in [2.24, 2.45) is 10.9 Å². The van der Waals surface area contributed by atoms with Crippen LogP contribution in [0.2, 0.25) is 0 Å². The Morgan fingerprint density at radius 1 is 1.13 bits per heavy atom. The van der Waals surface area contributed by atoms with E-state index in [1.807, 2.05) is 18.6 Å². The van der Waals surface area contributed by atoms with Crippen molar-refractivity contribution in [2.45, 2.75) is 38.6 Å². The predicted molar refractivity (Wildman–Crippen MR) is 150 cm³/mol. The van der Waals surface area contributed by atoms with Gasteiger partial charge in [-0.2, -0.15) is 5.10 Å². The van der Waals surface area contributed by atoms with Gasteiger partial charge in [-0.15, -0.1) is 0 Å². The van der Waals surface area contributed by atoms with Crippen molar-refractivity contribution in [3.05, 3.63) is 53.0 Å². The Morgan fingerprint density at radius 3 is 2.92 bits per heavy atom. The lowest BCUT2D eigenvalue weighted by atomic mass is 9.77. The zero-order valence-corrected chi connectivity index (χ0v) is 21.9. The zero-order valence-electron chi connectivity index (χ0n) is 21.9. The van der Waals surface area contributed by atoms with Crippen LogP contribution in [0, 0.1) is 5.92 Å². The zero-order chi connectivity index (χ0) is 25.6. The van der Waals surface area contributed by atoms with E-state index in [0.29, 0.717) is 18.7 Å². The highest BCUT2D eigenvalue weighted by molar-refractivity contribution is 6.08. The highest BCUT2D eigenvalue weighted by Crippen LogP contribution is 2.40. The van der Waals surface area contributed by atoms with E-state index in [-0.39, 0.29) is 5.92 Å². The SMILES string of the molecule is CN1CCN(CCCC(=O)C2CCc3c(c(-c4cnc5c(c4)C=NC5)nc4ccc5[nH]ncc5c34)C2)CC1. The topological polar surface area (TPSA) is 90.4 Å². The van der Waals surface area contributed by atoms with Crippen molar-refractivity contribution in [1.29, 1.82) is 0 Å². The normalized spacial score (nSPS) is 19.8. The van der Waals surface area contributed by atoms with Gasteiger partial charge in [-0.1, -0.05) is 0 Å². The number of rotatable bonds is 6. The number of hydrogen-bond acceptors (Lipinski definition) is 7. The lowest BCUT2D eigenvalue weighted by Crippen LogP contribution is -2.44. The molecule has 1 unspecified atom stereocenters. The molecule has 0 radical (unpaired) electrons. The van der Waals surface area contributed by atoms with E-state index in [9.17, 15) is 4.79 Å². The Bertz CT molecular complexity index is 1560. The summed E-state index contributed by atoms with van der Waals surface area (Å²) in [7, 11) is 2.18. The van der Waals surface area contributed by atoms with Crippen LogP contribution in [0.1, 0.15) is 41.6 Å². The van der Waals surface area contributed by atoms with Gasteiger partial charge in [-0.25, -0.2) is 4.98 Å². The Hall–Kier alpha value is -3.49. The number of nitrogens with one attached hydrogen (secondary N) is 1. The van der Waals surface area contributed by atoms with Crippen LogP contribution < -0.4 is 0 Å². The van der Waals surface area contributed by atoms with Crippen molar-refractivity contribution in [3.63, 3.8) is 0 Å². The van der Waals surface area contributed by atoms with Gasteiger partial charge in [0, 0.05) is 72.8 Å². The molecular weight excluding hydrogens is 474 g/mol. The van der Waals surface area contributed by atoms with E-state index in [1.165, 1.54) is 16.5 Å². The fourth-order valence-electron chi connectivity index (χ4n) is 6.44. The molecule has 194 valence electrons. The lowest BCUT2D eigenvalue weighted by molar-refractivity contribution is -0.123. The smallest absolute Gasteiger partial charge is 0.136 e. The number of Topliss-reactive ketones (excluding diaryl/α,β-unsaturated/α-hetero) is 1. The molecule has 4 aromatic rings. The summed E-state index contributed by atoms with van der Waals surface area (Å²) in [6, 6.07) is 6.29. The minimum Gasteiger partial charge on any atom is -0.304 e. The molecule has 0 saturated carbocycles. The molecule has 0 spiro atoms. The van der Waals surface area contributed by atoms with Crippen molar-refractivity contribution < 1.29 is 4.79 Å². The van der Waals surface area contributed by atoms with Gasteiger partial charge in [0.25, 0.3) is 0 Å². The number of aliphatic imine (C=N–C) groups is 1. The number of benzene rings is 1. The minimum atomic E-state index is 0.0421. The number of nitrogens with zero attached hydrogens (tertiary/aromatic N) is 6. The number of carbonyl (C=O) groups excluding carboxylic acids is 1. The first-order valence-corrected chi connectivity index (χ1v) is 13.8. The number of fused-ring (bicyclic) bond motifs is 6. The highest BCUT2D eigenvalue weighted by atomic mass is 16.1. The van der Waals surface area contributed by atoms with Crippen LogP contribution in [0.5, 0.6) is 0 Å².